The lowest BCUT2D eigenvalue weighted by Gasteiger charge is -2.26. The Hall–Kier alpha value is -1.26. The van der Waals surface area contributed by atoms with E-state index in [1.54, 1.807) is 4.90 Å². The summed E-state index contributed by atoms with van der Waals surface area (Å²) in [6.45, 7) is 9.88. The fraction of sp³-hybridized carbons (Fsp3) is 0.875. The lowest BCUT2D eigenvalue weighted by atomic mass is 9.87. The van der Waals surface area contributed by atoms with Gasteiger partial charge in [0.2, 0.25) is 0 Å². The first-order valence-corrected chi connectivity index (χ1v) is 8.02. The standard InChI is InChI=1S/C16H30N2O3/c1-5-6-7-8-16(3,4)11-17-15(21)18-9-12(2)13(10-18)14(19)20/h12-13H,5-11H2,1-4H3,(H,17,21)(H,19,20). The minimum atomic E-state index is -0.808. The van der Waals surface area contributed by atoms with Crippen LogP contribution >= 0.6 is 0 Å². The van der Waals surface area contributed by atoms with Crippen LogP contribution in [0.5, 0.6) is 0 Å². The molecule has 1 aliphatic heterocycles. The van der Waals surface area contributed by atoms with Crippen molar-refractivity contribution in [3.63, 3.8) is 0 Å². The van der Waals surface area contributed by atoms with Crippen LogP contribution in [-0.4, -0.2) is 41.6 Å². The maximum Gasteiger partial charge on any atom is 0.317 e. The third-order valence-corrected chi connectivity index (χ3v) is 4.39. The average molecular weight is 298 g/mol. The Labute approximate surface area is 128 Å². The largest absolute Gasteiger partial charge is 0.481 e. The second-order valence-corrected chi connectivity index (χ2v) is 7.11. The highest BCUT2D eigenvalue weighted by atomic mass is 16.4. The fourth-order valence-electron chi connectivity index (χ4n) is 2.82. The Morgan fingerprint density at radius 3 is 2.48 bits per heavy atom. The van der Waals surface area contributed by atoms with Gasteiger partial charge in [0.1, 0.15) is 0 Å². The Bertz CT molecular complexity index is 369. The molecule has 0 bridgehead atoms. The fourth-order valence-corrected chi connectivity index (χ4v) is 2.82. The van der Waals surface area contributed by atoms with Crippen LogP contribution in [0.4, 0.5) is 4.79 Å². The molecule has 2 atom stereocenters. The molecule has 0 saturated carbocycles. The molecule has 1 fully saturated rings. The van der Waals surface area contributed by atoms with Crippen molar-refractivity contribution in [3.8, 4) is 0 Å². The minimum Gasteiger partial charge on any atom is -0.481 e. The van der Waals surface area contributed by atoms with Gasteiger partial charge in [-0.3, -0.25) is 4.79 Å². The van der Waals surface area contributed by atoms with Crippen molar-refractivity contribution in [1.29, 1.82) is 0 Å². The number of carbonyl (C=O) groups excluding carboxylic acids is 1. The van der Waals surface area contributed by atoms with Gasteiger partial charge in [0, 0.05) is 19.6 Å². The van der Waals surface area contributed by atoms with E-state index in [0.717, 1.165) is 6.42 Å². The Morgan fingerprint density at radius 1 is 1.29 bits per heavy atom. The molecule has 1 heterocycles. The highest BCUT2D eigenvalue weighted by Crippen LogP contribution is 2.25. The number of rotatable bonds is 7. The van der Waals surface area contributed by atoms with E-state index in [4.69, 9.17) is 5.11 Å². The molecule has 122 valence electrons. The van der Waals surface area contributed by atoms with Gasteiger partial charge >= 0.3 is 12.0 Å². The van der Waals surface area contributed by atoms with Gasteiger partial charge in [-0.25, -0.2) is 4.79 Å². The molecule has 5 heteroatoms. The summed E-state index contributed by atoms with van der Waals surface area (Å²) in [5.74, 6) is -1.23. The van der Waals surface area contributed by atoms with Gasteiger partial charge in [0.25, 0.3) is 0 Å². The maximum absolute atomic E-state index is 12.2. The number of carboxylic acids is 1. The molecule has 0 aromatic carbocycles. The smallest absolute Gasteiger partial charge is 0.317 e. The van der Waals surface area contributed by atoms with Gasteiger partial charge in [-0.1, -0.05) is 47.0 Å². The summed E-state index contributed by atoms with van der Waals surface area (Å²) in [4.78, 5) is 24.9. The molecule has 2 unspecified atom stereocenters. The Morgan fingerprint density at radius 2 is 1.95 bits per heavy atom. The van der Waals surface area contributed by atoms with E-state index in [-0.39, 0.29) is 17.4 Å². The number of nitrogens with zero attached hydrogens (tertiary/aromatic N) is 1. The molecule has 0 radical (unpaired) electrons. The number of likely N-dealkylation sites (tertiary alicyclic amines) is 1. The quantitative estimate of drug-likeness (QED) is 0.710. The van der Waals surface area contributed by atoms with Crippen LogP contribution in [-0.2, 0) is 4.79 Å². The summed E-state index contributed by atoms with van der Waals surface area (Å²) in [7, 11) is 0. The second kappa shape index (κ2) is 7.66. The summed E-state index contributed by atoms with van der Waals surface area (Å²) < 4.78 is 0. The number of carbonyl (C=O) groups is 2. The van der Waals surface area contributed by atoms with Crippen molar-refractivity contribution in [2.45, 2.75) is 53.4 Å². The normalized spacial score (nSPS) is 22.4. The summed E-state index contributed by atoms with van der Waals surface area (Å²) >= 11 is 0. The van der Waals surface area contributed by atoms with Crippen LogP contribution in [0.2, 0.25) is 0 Å². The molecule has 21 heavy (non-hydrogen) atoms. The van der Waals surface area contributed by atoms with Gasteiger partial charge in [-0.2, -0.15) is 0 Å². The zero-order valence-electron chi connectivity index (χ0n) is 13.8. The highest BCUT2D eigenvalue weighted by molar-refractivity contribution is 5.77. The van der Waals surface area contributed by atoms with Crippen LogP contribution in [0.25, 0.3) is 0 Å². The van der Waals surface area contributed by atoms with Crippen molar-refractivity contribution in [1.82, 2.24) is 10.2 Å². The van der Waals surface area contributed by atoms with E-state index in [9.17, 15) is 9.59 Å². The molecular formula is C16H30N2O3. The van der Waals surface area contributed by atoms with E-state index in [2.05, 4.69) is 26.1 Å². The van der Waals surface area contributed by atoms with E-state index in [1.165, 1.54) is 19.3 Å². The van der Waals surface area contributed by atoms with Crippen LogP contribution in [0.3, 0.4) is 0 Å². The predicted molar refractivity (Wildman–Crippen MR) is 83.2 cm³/mol. The minimum absolute atomic E-state index is 0.0193. The van der Waals surface area contributed by atoms with E-state index >= 15 is 0 Å². The van der Waals surface area contributed by atoms with Crippen molar-refractivity contribution < 1.29 is 14.7 Å². The van der Waals surface area contributed by atoms with Gasteiger partial charge in [0.05, 0.1) is 5.92 Å². The van der Waals surface area contributed by atoms with Crippen LogP contribution in [0.15, 0.2) is 0 Å². The number of hydrogen-bond acceptors (Lipinski definition) is 2. The number of unbranched alkanes of at least 4 members (excludes halogenated alkanes) is 2. The van der Waals surface area contributed by atoms with E-state index in [0.29, 0.717) is 19.6 Å². The highest BCUT2D eigenvalue weighted by Gasteiger charge is 2.37. The monoisotopic (exact) mass is 298 g/mol. The molecule has 0 aromatic heterocycles. The molecule has 1 aliphatic rings. The number of nitrogens with one attached hydrogen (secondary N) is 1. The molecule has 0 spiro atoms. The molecule has 0 aliphatic carbocycles. The number of hydrogen-bond donors (Lipinski definition) is 2. The average Bonchev–Trinajstić information content (AvgIpc) is 2.78. The molecule has 5 nitrogen and oxygen atoms in total. The first kappa shape index (κ1) is 17.8. The lowest BCUT2D eigenvalue weighted by molar-refractivity contribution is -0.142. The first-order valence-electron chi connectivity index (χ1n) is 8.02. The third-order valence-electron chi connectivity index (χ3n) is 4.39. The van der Waals surface area contributed by atoms with Crippen molar-refractivity contribution in [2.24, 2.45) is 17.3 Å². The second-order valence-electron chi connectivity index (χ2n) is 7.11. The van der Waals surface area contributed by atoms with Crippen molar-refractivity contribution >= 4 is 12.0 Å². The molecule has 2 amide bonds. The topological polar surface area (TPSA) is 69.6 Å². The zero-order valence-corrected chi connectivity index (χ0v) is 13.8. The van der Waals surface area contributed by atoms with E-state index < -0.39 is 11.9 Å². The van der Waals surface area contributed by atoms with E-state index in [1.807, 2.05) is 6.92 Å². The van der Waals surface area contributed by atoms with Gasteiger partial charge < -0.3 is 15.3 Å². The first-order chi connectivity index (χ1) is 9.76. The summed E-state index contributed by atoms with van der Waals surface area (Å²) in [6.07, 6.45) is 4.70. The Balaban J connectivity index is 2.39. The number of aliphatic carboxylic acids is 1. The van der Waals surface area contributed by atoms with Gasteiger partial charge in [-0.15, -0.1) is 0 Å². The van der Waals surface area contributed by atoms with Crippen LogP contribution in [0, 0.1) is 17.3 Å². The van der Waals surface area contributed by atoms with Crippen LogP contribution in [0.1, 0.15) is 53.4 Å². The number of carboxylic acid groups (broad SMARTS) is 1. The number of urea groups is 1. The van der Waals surface area contributed by atoms with Crippen molar-refractivity contribution in [3.05, 3.63) is 0 Å². The van der Waals surface area contributed by atoms with Gasteiger partial charge in [0.15, 0.2) is 0 Å². The Kier molecular flexibility index (Phi) is 6.49. The van der Waals surface area contributed by atoms with Crippen LogP contribution < -0.4 is 5.32 Å². The molecule has 1 saturated heterocycles. The summed E-state index contributed by atoms with van der Waals surface area (Å²) in [5, 5.41) is 12.1. The van der Waals surface area contributed by atoms with Crippen molar-refractivity contribution in [2.75, 3.05) is 19.6 Å². The maximum atomic E-state index is 12.2. The molecular weight excluding hydrogens is 268 g/mol. The predicted octanol–water partition coefficient (Wildman–Crippen LogP) is 2.96. The third kappa shape index (κ3) is 5.56. The SMILES string of the molecule is CCCCCC(C)(C)CNC(=O)N1CC(C)C(C(=O)O)C1. The molecule has 0 aromatic rings. The summed E-state index contributed by atoms with van der Waals surface area (Å²) in [6, 6.07) is -0.130. The number of amides is 2. The van der Waals surface area contributed by atoms with Gasteiger partial charge in [-0.05, 0) is 17.8 Å². The lowest BCUT2D eigenvalue weighted by Crippen LogP contribution is -2.43. The zero-order chi connectivity index (χ0) is 16.0. The molecule has 1 rings (SSSR count). The summed E-state index contributed by atoms with van der Waals surface area (Å²) in [5.41, 5.74) is 0.0857. The molecule has 2 N–H and O–H groups in total.